The third-order valence-electron chi connectivity index (χ3n) is 4.21. The second-order valence-electron chi connectivity index (χ2n) is 6.51. The first-order valence-corrected chi connectivity index (χ1v) is 7.99. The smallest absolute Gasteiger partial charge is 0.225 e. The van der Waals surface area contributed by atoms with E-state index in [1.165, 1.54) is 0 Å². The molecule has 1 fully saturated rings. The van der Waals surface area contributed by atoms with Crippen LogP contribution in [0.1, 0.15) is 23.2 Å². The zero-order valence-electron chi connectivity index (χ0n) is 14.4. The normalized spacial score (nSPS) is 17.9. The molecule has 1 aliphatic rings. The van der Waals surface area contributed by atoms with Gasteiger partial charge in [0.1, 0.15) is 0 Å². The highest BCUT2D eigenvalue weighted by atomic mass is 16.2. The van der Waals surface area contributed by atoms with Gasteiger partial charge in [0, 0.05) is 44.5 Å². The molecule has 0 radical (unpaired) electrons. The van der Waals surface area contributed by atoms with E-state index < -0.39 is 0 Å². The van der Waals surface area contributed by atoms with Crippen LogP contribution in [0.2, 0.25) is 0 Å². The Hall–Kier alpha value is -1.95. The van der Waals surface area contributed by atoms with Crippen molar-refractivity contribution < 1.29 is 9.59 Å². The first-order valence-electron chi connectivity index (χ1n) is 7.99. The highest BCUT2D eigenvalue weighted by Crippen LogP contribution is 2.18. The molecule has 0 bridgehead atoms. The molecule has 2 rings (SSSR count). The van der Waals surface area contributed by atoms with Crippen molar-refractivity contribution in [2.24, 2.45) is 5.92 Å². The summed E-state index contributed by atoms with van der Waals surface area (Å²) >= 11 is 0. The fraction of sp³-hybridized carbons (Fsp3) is 0.588. The second kappa shape index (κ2) is 7.55. The van der Waals surface area contributed by atoms with Crippen LogP contribution in [0.25, 0.3) is 0 Å². The third-order valence-corrected chi connectivity index (χ3v) is 4.21. The van der Waals surface area contributed by atoms with Crippen molar-refractivity contribution in [3.8, 4) is 0 Å². The van der Waals surface area contributed by atoms with Crippen LogP contribution in [0.3, 0.4) is 0 Å². The van der Waals surface area contributed by atoms with Crippen LogP contribution in [0, 0.1) is 19.8 Å². The Balaban J connectivity index is 1.85. The van der Waals surface area contributed by atoms with Gasteiger partial charge in [-0.1, -0.05) is 0 Å². The molecule has 126 valence electrons. The number of likely N-dealkylation sites (N-methyl/N-ethyl adjacent to an activating group) is 1. The molecule has 1 saturated heterocycles. The van der Waals surface area contributed by atoms with Crippen molar-refractivity contribution in [2.45, 2.75) is 26.8 Å². The van der Waals surface area contributed by atoms with Crippen LogP contribution in [0.4, 0.5) is 0 Å². The molecule has 23 heavy (non-hydrogen) atoms. The quantitative estimate of drug-likeness (QED) is 0.839. The zero-order chi connectivity index (χ0) is 17.0. The average Bonchev–Trinajstić information content (AvgIpc) is 2.85. The fourth-order valence-electron chi connectivity index (χ4n) is 2.72. The summed E-state index contributed by atoms with van der Waals surface area (Å²) in [7, 11) is 3.95. The lowest BCUT2D eigenvalue weighted by Gasteiger charge is -2.19. The standard InChI is InChI=1S/C17H26N4O2/c1-12-7-13(2)18-9-15(12)10-19-17(23)14-8-16(22)21(11-14)6-5-20(3)4/h7,9,14H,5-6,8,10-11H2,1-4H3,(H,19,23)/t14-/m0/s1. The van der Waals surface area contributed by atoms with Crippen LogP contribution in [0.5, 0.6) is 0 Å². The van der Waals surface area contributed by atoms with Gasteiger partial charge in [0.15, 0.2) is 0 Å². The van der Waals surface area contributed by atoms with Crippen molar-refractivity contribution >= 4 is 11.8 Å². The Morgan fingerprint density at radius 3 is 2.83 bits per heavy atom. The molecule has 6 heteroatoms. The molecule has 1 N–H and O–H groups in total. The number of pyridine rings is 1. The lowest BCUT2D eigenvalue weighted by Crippen LogP contribution is -2.35. The van der Waals surface area contributed by atoms with Gasteiger partial charge in [-0.25, -0.2) is 0 Å². The van der Waals surface area contributed by atoms with Gasteiger partial charge >= 0.3 is 0 Å². The van der Waals surface area contributed by atoms with E-state index in [0.717, 1.165) is 23.4 Å². The summed E-state index contributed by atoms with van der Waals surface area (Å²) in [6.45, 7) is 6.43. The molecular formula is C17H26N4O2. The van der Waals surface area contributed by atoms with E-state index in [-0.39, 0.29) is 17.7 Å². The summed E-state index contributed by atoms with van der Waals surface area (Å²) in [6.07, 6.45) is 2.11. The van der Waals surface area contributed by atoms with Gasteiger partial charge in [-0.3, -0.25) is 14.6 Å². The number of rotatable bonds is 6. The molecular weight excluding hydrogens is 292 g/mol. The van der Waals surface area contributed by atoms with Crippen molar-refractivity contribution in [3.63, 3.8) is 0 Å². The van der Waals surface area contributed by atoms with E-state index in [1.54, 1.807) is 11.1 Å². The van der Waals surface area contributed by atoms with E-state index in [0.29, 0.717) is 26.1 Å². The van der Waals surface area contributed by atoms with Gasteiger partial charge in [0.05, 0.1) is 5.92 Å². The van der Waals surface area contributed by atoms with E-state index in [1.807, 2.05) is 38.9 Å². The maximum Gasteiger partial charge on any atom is 0.225 e. The number of carbonyl (C=O) groups excluding carboxylic acids is 2. The predicted molar refractivity (Wildman–Crippen MR) is 88.8 cm³/mol. The number of nitrogens with one attached hydrogen (secondary N) is 1. The maximum atomic E-state index is 12.3. The van der Waals surface area contributed by atoms with E-state index in [4.69, 9.17) is 0 Å². The highest BCUT2D eigenvalue weighted by molar-refractivity contribution is 5.89. The Morgan fingerprint density at radius 1 is 1.43 bits per heavy atom. The second-order valence-corrected chi connectivity index (χ2v) is 6.51. The van der Waals surface area contributed by atoms with E-state index in [9.17, 15) is 9.59 Å². The lowest BCUT2D eigenvalue weighted by atomic mass is 10.1. The third kappa shape index (κ3) is 4.76. The molecule has 2 heterocycles. The van der Waals surface area contributed by atoms with E-state index >= 15 is 0 Å². The molecule has 0 aromatic carbocycles. The predicted octanol–water partition coefficient (Wildman–Crippen LogP) is 0.725. The van der Waals surface area contributed by atoms with Gasteiger partial charge in [-0.15, -0.1) is 0 Å². The molecule has 0 saturated carbocycles. The minimum absolute atomic E-state index is 0.0503. The van der Waals surface area contributed by atoms with Crippen LogP contribution >= 0.6 is 0 Å². The van der Waals surface area contributed by atoms with Gasteiger partial charge in [0.25, 0.3) is 0 Å². The van der Waals surface area contributed by atoms with Gasteiger partial charge in [0.2, 0.25) is 11.8 Å². The van der Waals surface area contributed by atoms with Crippen LogP contribution in [-0.2, 0) is 16.1 Å². The number of amides is 2. The number of carbonyl (C=O) groups is 2. The molecule has 6 nitrogen and oxygen atoms in total. The van der Waals surface area contributed by atoms with Crippen LogP contribution in [-0.4, -0.2) is 60.3 Å². The Morgan fingerprint density at radius 2 is 2.17 bits per heavy atom. The number of hydrogen-bond donors (Lipinski definition) is 1. The first-order chi connectivity index (χ1) is 10.9. The van der Waals surface area contributed by atoms with Crippen LogP contribution in [0.15, 0.2) is 12.3 Å². The summed E-state index contributed by atoms with van der Waals surface area (Å²) in [5, 5.41) is 2.94. The topological polar surface area (TPSA) is 65.5 Å². The minimum atomic E-state index is -0.247. The zero-order valence-corrected chi connectivity index (χ0v) is 14.4. The number of aromatic nitrogens is 1. The number of hydrogen-bond acceptors (Lipinski definition) is 4. The number of likely N-dealkylation sites (tertiary alicyclic amines) is 1. The SMILES string of the molecule is Cc1cc(C)c(CNC(=O)[C@H]2CC(=O)N(CCN(C)C)C2)cn1. The Kier molecular flexibility index (Phi) is 5.71. The Bertz CT molecular complexity index is 586. The molecule has 1 aromatic rings. The number of nitrogens with zero attached hydrogens (tertiary/aromatic N) is 3. The number of aryl methyl sites for hydroxylation is 2. The summed E-state index contributed by atoms with van der Waals surface area (Å²) in [6, 6.07) is 2.00. The summed E-state index contributed by atoms with van der Waals surface area (Å²) in [5.41, 5.74) is 3.10. The van der Waals surface area contributed by atoms with Crippen molar-refractivity contribution in [1.29, 1.82) is 0 Å². The highest BCUT2D eigenvalue weighted by Gasteiger charge is 2.33. The Labute approximate surface area is 137 Å². The van der Waals surface area contributed by atoms with Crippen LogP contribution < -0.4 is 5.32 Å². The lowest BCUT2D eigenvalue weighted by molar-refractivity contribution is -0.129. The molecule has 0 unspecified atom stereocenters. The van der Waals surface area contributed by atoms with Crippen molar-refractivity contribution in [1.82, 2.24) is 20.1 Å². The van der Waals surface area contributed by atoms with Gasteiger partial charge in [-0.05, 0) is 45.1 Å². The van der Waals surface area contributed by atoms with Crippen molar-refractivity contribution in [2.75, 3.05) is 33.7 Å². The molecule has 0 aliphatic carbocycles. The summed E-state index contributed by atoms with van der Waals surface area (Å²) in [5.74, 6) is -0.228. The first kappa shape index (κ1) is 17.4. The maximum absolute atomic E-state index is 12.3. The minimum Gasteiger partial charge on any atom is -0.352 e. The largest absolute Gasteiger partial charge is 0.352 e. The van der Waals surface area contributed by atoms with E-state index in [2.05, 4.69) is 10.3 Å². The summed E-state index contributed by atoms with van der Waals surface area (Å²) < 4.78 is 0. The monoisotopic (exact) mass is 318 g/mol. The van der Waals surface area contributed by atoms with Gasteiger partial charge < -0.3 is 15.1 Å². The fourth-order valence-corrected chi connectivity index (χ4v) is 2.72. The molecule has 1 aromatic heterocycles. The molecule has 0 spiro atoms. The van der Waals surface area contributed by atoms with Gasteiger partial charge in [-0.2, -0.15) is 0 Å². The molecule has 1 aliphatic heterocycles. The molecule has 2 amide bonds. The van der Waals surface area contributed by atoms with Crippen molar-refractivity contribution in [3.05, 3.63) is 29.1 Å². The summed E-state index contributed by atoms with van der Waals surface area (Å²) in [4.78, 5) is 32.4. The average molecular weight is 318 g/mol. The molecule has 1 atom stereocenters.